The molecule has 0 radical (unpaired) electrons. The fourth-order valence-corrected chi connectivity index (χ4v) is 6.12. The predicted octanol–water partition coefficient (Wildman–Crippen LogP) is 5.56. The van der Waals surface area contributed by atoms with E-state index in [9.17, 15) is 0 Å². The summed E-state index contributed by atoms with van der Waals surface area (Å²) in [6.45, 7) is 4.63. The third-order valence-corrected chi connectivity index (χ3v) is 8.00. The summed E-state index contributed by atoms with van der Waals surface area (Å²) in [5, 5.41) is 15.0. The Morgan fingerprint density at radius 2 is 2.00 bits per heavy atom. The highest BCUT2D eigenvalue weighted by Gasteiger charge is 2.18. The Morgan fingerprint density at radius 1 is 1.13 bits per heavy atom. The molecule has 0 saturated carbocycles. The topological polar surface area (TPSA) is 62.1 Å². The number of hydrogen-bond acceptors (Lipinski definition) is 8. The zero-order chi connectivity index (χ0) is 20.7. The van der Waals surface area contributed by atoms with Crippen LogP contribution in [0.2, 0.25) is 0 Å². The van der Waals surface area contributed by atoms with Crippen LogP contribution in [0, 0.1) is 6.92 Å². The predicted molar refractivity (Wildman–Crippen MR) is 122 cm³/mol. The lowest BCUT2D eigenvalue weighted by Gasteiger charge is -2.04. The van der Waals surface area contributed by atoms with Crippen LogP contribution in [0.4, 0.5) is 0 Å². The monoisotopic (exact) mass is 456 g/mol. The molecule has 0 unspecified atom stereocenters. The van der Waals surface area contributed by atoms with Gasteiger partial charge in [0, 0.05) is 39.6 Å². The number of nitrogens with zero attached hydrogens (tertiary/aromatic N) is 4. The lowest BCUT2D eigenvalue weighted by molar-refractivity contribution is 0.174. The summed E-state index contributed by atoms with van der Waals surface area (Å²) < 4.78 is 12.9. The van der Waals surface area contributed by atoms with Gasteiger partial charge >= 0.3 is 0 Å². The van der Waals surface area contributed by atoms with E-state index in [1.807, 2.05) is 25.2 Å². The molecule has 1 aromatic carbocycles. The van der Waals surface area contributed by atoms with Gasteiger partial charge in [0.15, 0.2) is 22.5 Å². The van der Waals surface area contributed by atoms with E-state index >= 15 is 0 Å². The van der Waals surface area contributed by atoms with Crippen molar-refractivity contribution in [1.82, 2.24) is 19.7 Å². The van der Waals surface area contributed by atoms with Crippen LogP contribution in [0.15, 0.2) is 34.1 Å². The standard InChI is InChI=1S/C21H20N4O2S3/c1-4-15-12(2)28-10-16(15)19-23-24-21(25(19)3)30-9-14-8-29-20(22-14)13-5-6-17-18(7-13)27-11-26-17/h5-8,10H,4,9,11H2,1-3H3. The highest BCUT2D eigenvalue weighted by Crippen LogP contribution is 2.37. The molecule has 0 fully saturated rings. The van der Waals surface area contributed by atoms with Gasteiger partial charge in [-0.05, 0) is 37.1 Å². The normalized spacial score (nSPS) is 12.6. The van der Waals surface area contributed by atoms with Crippen molar-refractivity contribution in [2.75, 3.05) is 6.79 Å². The Labute approximate surface area is 186 Å². The molecule has 154 valence electrons. The second kappa shape index (κ2) is 8.05. The molecular formula is C21H20N4O2S3. The van der Waals surface area contributed by atoms with Gasteiger partial charge in [-0.3, -0.25) is 0 Å². The van der Waals surface area contributed by atoms with E-state index in [1.165, 1.54) is 16.0 Å². The van der Waals surface area contributed by atoms with Crippen molar-refractivity contribution in [3.8, 4) is 33.5 Å². The summed E-state index contributed by atoms with van der Waals surface area (Å²) in [6, 6.07) is 5.94. The van der Waals surface area contributed by atoms with Gasteiger partial charge in [-0.1, -0.05) is 18.7 Å². The molecule has 4 aromatic rings. The fraction of sp³-hybridized carbons (Fsp3) is 0.286. The molecule has 0 bridgehead atoms. The second-order valence-electron chi connectivity index (χ2n) is 6.90. The van der Waals surface area contributed by atoms with Crippen molar-refractivity contribution < 1.29 is 9.47 Å². The van der Waals surface area contributed by atoms with Gasteiger partial charge in [0.1, 0.15) is 5.01 Å². The molecule has 0 atom stereocenters. The van der Waals surface area contributed by atoms with Gasteiger partial charge in [0.25, 0.3) is 0 Å². The van der Waals surface area contributed by atoms with Crippen LogP contribution in [0.25, 0.3) is 22.0 Å². The van der Waals surface area contributed by atoms with Gasteiger partial charge in [-0.25, -0.2) is 4.98 Å². The molecule has 9 heteroatoms. The summed E-state index contributed by atoms with van der Waals surface area (Å²) in [4.78, 5) is 6.14. The van der Waals surface area contributed by atoms with Crippen molar-refractivity contribution in [1.29, 1.82) is 0 Å². The zero-order valence-electron chi connectivity index (χ0n) is 16.8. The lowest BCUT2D eigenvalue weighted by atomic mass is 10.1. The van der Waals surface area contributed by atoms with E-state index in [0.717, 1.165) is 50.9 Å². The van der Waals surface area contributed by atoms with E-state index in [2.05, 4.69) is 39.4 Å². The SMILES string of the molecule is CCc1c(-c2nnc(SCc3csc(-c4ccc5c(c4)OCO5)n3)n2C)csc1C. The zero-order valence-corrected chi connectivity index (χ0v) is 19.3. The van der Waals surface area contributed by atoms with Crippen LogP contribution in [0.3, 0.4) is 0 Å². The third-order valence-electron chi connectivity index (χ3n) is 5.05. The minimum absolute atomic E-state index is 0.281. The van der Waals surface area contributed by atoms with Gasteiger partial charge in [0.05, 0.1) is 5.69 Å². The Morgan fingerprint density at radius 3 is 2.87 bits per heavy atom. The van der Waals surface area contributed by atoms with Crippen LogP contribution in [0.1, 0.15) is 23.1 Å². The van der Waals surface area contributed by atoms with Crippen molar-refractivity contribution in [3.63, 3.8) is 0 Å². The van der Waals surface area contributed by atoms with E-state index in [4.69, 9.17) is 14.5 Å². The summed E-state index contributed by atoms with van der Waals surface area (Å²) in [5.41, 5.74) is 4.63. The Bertz CT molecular complexity index is 1210. The number of fused-ring (bicyclic) bond motifs is 1. The summed E-state index contributed by atoms with van der Waals surface area (Å²) in [6.07, 6.45) is 1.00. The molecular weight excluding hydrogens is 436 g/mol. The molecule has 3 aromatic heterocycles. The Kier molecular flexibility index (Phi) is 5.26. The van der Waals surface area contributed by atoms with Crippen molar-refractivity contribution in [2.24, 2.45) is 7.05 Å². The highest BCUT2D eigenvalue weighted by atomic mass is 32.2. The van der Waals surface area contributed by atoms with Crippen LogP contribution in [0.5, 0.6) is 11.5 Å². The molecule has 4 heterocycles. The highest BCUT2D eigenvalue weighted by molar-refractivity contribution is 7.98. The molecule has 0 saturated heterocycles. The number of hydrogen-bond donors (Lipinski definition) is 0. The molecule has 1 aliphatic rings. The van der Waals surface area contributed by atoms with Crippen LogP contribution >= 0.6 is 34.4 Å². The summed E-state index contributed by atoms with van der Waals surface area (Å²) in [5.74, 6) is 3.24. The van der Waals surface area contributed by atoms with E-state index < -0.39 is 0 Å². The van der Waals surface area contributed by atoms with Crippen LogP contribution in [-0.4, -0.2) is 26.5 Å². The summed E-state index contributed by atoms with van der Waals surface area (Å²) in [7, 11) is 2.03. The minimum atomic E-state index is 0.281. The van der Waals surface area contributed by atoms with Crippen molar-refractivity contribution >= 4 is 34.4 Å². The smallest absolute Gasteiger partial charge is 0.231 e. The van der Waals surface area contributed by atoms with Gasteiger partial charge < -0.3 is 14.0 Å². The van der Waals surface area contributed by atoms with Crippen LogP contribution in [-0.2, 0) is 19.2 Å². The van der Waals surface area contributed by atoms with Crippen molar-refractivity contribution in [3.05, 3.63) is 45.1 Å². The number of thiophene rings is 1. The maximum absolute atomic E-state index is 5.48. The van der Waals surface area contributed by atoms with Gasteiger partial charge in [0.2, 0.25) is 6.79 Å². The first-order valence-corrected chi connectivity index (χ1v) is 12.3. The summed E-state index contributed by atoms with van der Waals surface area (Å²) >= 11 is 5.07. The van der Waals surface area contributed by atoms with E-state index in [1.54, 1.807) is 34.4 Å². The van der Waals surface area contributed by atoms with E-state index in [0.29, 0.717) is 0 Å². The number of thiazole rings is 1. The third kappa shape index (κ3) is 3.51. The second-order valence-corrected chi connectivity index (χ2v) is 9.79. The van der Waals surface area contributed by atoms with Crippen molar-refractivity contribution in [2.45, 2.75) is 31.2 Å². The molecule has 6 nitrogen and oxygen atoms in total. The minimum Gasteiger partial charge on any atom is -0.454 e. The largest absolute Gasteiger partial charge is 0.454 e. The lowest BCUT2D eigenvalue weighted by Crippen LogP contribution is -1.96. The number of ether oxygens (including phenoxy) is 2. The van der Waals surface area contributed by atoms with Crippen LogP contribution < -0.4 is 9.47 Å². The molecule has 0 aliphatic carbocycles. The average Bonchev–Trinajstić information content (AvgIpc) is 3.53. The molecule has 30 heavy (non-hydrogen) atoms. The Hall–Kier alpha value is -2.36. The first-order chi connectivity index (χ1) is 14.6. The first-order valence-electron chi connectivity index (χ1n) is 9.58. The number of rotatable bonds is 6. The molecule has 0 spiro atoms. The number of aromatic nitrogens is 4. The average molecular weight is 457 g/mol. The van der Waals surface area contributed by atoms with Gasteiger partial charge in [-0.2, -0.15) is 0 Å². The number of aryl methyl sites for hydroxylation is 1. The molecule has 0 amide bonds. The quantitative estimate of drug-likeness (QED) is 0.354. The molecule has 5 rings (SSSR count). The Balaban J connectivity index is 1.31. The number of benzene rings is 1. The van der Waals surface area contributed by atoms with Gasteiger partial charge in [-0.15, -0.1) is 32.9 Å². The fourth-order valence-electron chi connectivity index (χ4n) is 3.46. The first kappa shape index (κ1) is 19.6. The molecule has 0 N–H and O–H groups in total. The number of thioether (sulfide) groups is 1. The molecule has 1 aliphatic heterocycles. The maximum Gasteiger partial charge on any atom is 0.231 e. The maximum atomic E-state index is 5.48. The van der Waals surface area contributed by atoms with E-state index in [-0.39, 0.29) is 6.79 Å².